The second-order valence-electron chi connectivity index (χ2n) is 8.48. The summed E-state index contributed by atoms with van der Waals surface area (Å²) in [6, 6.07) is 9.34. The molecule has 1 fully saturated rings. The van der Waals surface area contributed by atoms with E-state index in [4.69, 9.17) is 38.4 Å². The number of hydrogen-bond donors (Lipinski definition) is 1. The summed E-state index contributed by atoms with van der Waals surface area (Å²) in [7, 11) is 0. The van der Waals surface area contributed by atoms with Gasteiger partial charge in [-0.05, 0) is 66.5 Å². The lowest BCUT2D eigenvalue weighted by Gasteiger charge is -2.22. The van der Waals surface area contributed by atoms with Crippen LogP contribution in [0.5, 0.6) is 11.5 Å². The predicted octanol–water partition coefficient (Wildman–Crippen LogP) is 7.22. The number of nitrogen functional groups attached to an aromatic ring is 1. The van der Waals surface area contributed by atoms with Gasteiger partial charge in [0, 0.05) is 29.4 Å². The Morgan fingerprint density at radius 2 is 1.86 bits per heavy atom. The molecule has 0 amide bonds. The molecule has 6 nitrogen and oxygen atoms in total. The maximum atomic E-state index is 13.1. The minimum absolute atomic E-state index is 0.0986. The first kappa shape index (κ1) is 27.3. The zero-order valence-corrected chi connectivity index (χ0v) is 22.1. The molecule has 37 heavy (non-hydrogen) atoms. The number of thioether (sulfide) groups is 1. The molecule has 1 atom stereocenters. The van der Waals surface area contributed by atoms with Crippen LogP contribution >= 0.6 is 35.0 Å². The maximum absolute atomic E-state index is 13.1. The van der Waals surface area contributed by atoms with E-state index in [1.807, 2.05) is 6.26 Å². The first-order chi connectivity index (χ1) is 17.7. The van der Waals surface area contributed by atoms with Crippen LogP contribution < -0.4 is 15.2 Å². The summed E-state index contributed by atoms with van der Waals surface area (Å²) in [5.41, 5.74) is 7.76. The molecule has 4 rings (SSSR count). The Bertz CT molecular complexity index is 1260. The number of nitrogens with two attached hydrogens (primary N) is 1. The highest BCUT2D eigenvalue weighted by molar-refractivity contribution is 7.98. The fourth-order valence-electron chi connectivity index (χ4n) is 3.63. The van der Waals surface area contributed by atoms with Crippen LogP contribution in [0.4, 0.5) is 14.5 Å². The molecule has 0 spiro atoms. The number of esters is 1. The molecular formula is C26H24Cl2F2N2O4S. The van der Waals surface area contributed by atoms with E-state index >= 15 is 0 Å². The minimum Gasteiger partial charge on any atom is -0.489 e. The van der Waals surface area contributed by atoms with Gasteiger partial charge in [0.05, 0.1) is 22.2 Å². The molecular weight excluding hydrogens is 545 g/mol. The van der Waals surface area contributed by atoms with E-state index in [1.165, 1.54) is 42.4 Å². The monoisotopic (exact) mass is 568 g/mol. The van der Waals surface area contributed by atoms with E-state index in [2.05, 4.69) is 9.72 Å². The average molecular weight is 569 g/mol. The summed E-state index contributed by atoms with van der Waals surface area (Å²) in [5.74, 6) is -0.226. The second-order valence-corrected chi connectivity index (χ2v) is 10.1. The first-order valence-corrected chi connectivity index (χ1v) is 13.4. The molecule has 196 valence electrons. The molecule has 0 aliphatic heterocycles. The molecule has 0 bridgehead atoms. The van der Waals surface area contributed by atoms with Gasteiger partial charge in [0.2, 0.25) is 0 Å². The molecule has 1 aliphatic carbocycles. The number of halogens is 4. The first-order valence-electron chi connectivity index (χ1n) is 11.4. The van der Waals surface area contributed by atoms with E-state index < -0.39 is 18.7 Å². The molecule has 0 radical (unpaired) electrons. The molecule has 1 aromatic heterocycles. The number of carbonyl (C=O) groups excluding carboxylic acids is 1. The van der Waals surface area contributed by atoms with Crippen molar-refractivity contribution in [3.63, 3.8) is 0 Å². The van der Waals surface area contributed by atoms with Crippen molar-refractivity contribution in [2.24, 2.45) is 5.92 Å². The number of rotatable bonds is 11. The van der Waals surface area contributed by atoms with Crippen molar-refractivity contribution >= 4 is 46.6 Å². The topological polar surface area (TPSA) is 83.7 Å². The summed E-state index contributed by atoms with van der Waals surface area (Å²) >= 11 is 14.1. The number of alkyl halides is 2. The normalized spacial score (nSPS) is 13.9. The number of aromatic nitrogens is 1. The van der Waals surface area contributed by atoms with E-state index in [-0.39, 0.29) is 23.5 Å². The van der Waals surface area contributed by atoms with Crippen LogP contribution in [-0.2, 0) is 11.2 Å². The van der Waals surface area contributed by atoms with E-state index in [9.17, 15) is 13.6 Å². The fraction of sp³-hybridized carbons (Fsp3) is 0.308. The highest BCUT2D eigenvalue weighted by Crippen LogP contribution is 2.38. The fourth-order valence-corrected chi connectivity index (χ4v) is 4.65. The van der Waals surface area contributed by atoms with Crippen molar-refractivity contribution < 1.29 is 27.8 Å². The number of hydrogen-bond acceptors (Lipinski definition) is 7. The SMILES string of the molecule is CSc1ccc(C(=O)OC(Cc2c(Cl)cncc2Cl)c2ccc(OC(F)F)c(OCC3CC3)c2)cc1N. The van der Waals surface area contributed by atoms with Gasteiger partial charge in [-0.25, -0.2) is 4.79 Å². The minimum atomic E-state index is -3.02. The number of benzene rings is 2. The molecule has 2 aromatic carbocycles. The number of carbonyl (C=O) groups is 1. The lowest BCUT2D eigenvalue weighted by atomic mass is 10.0. The molecule has 2 N–H and O–H groups in total. The Kier molecular flexibility index (Phi) is 9.00. The zero-order valence-electron chi connectivity index (χ0n) is 19.8. The Labute approximate surface area is 227 Å². The highest BCUT2D eigenvalue weighted by Gasteiger charge is 2.26. The predicted molar refractivity (Wildman–Crippen MR) is 140 cm³/mol. The summed E-state index contributed by atoms with van der Waals surface area (Å²) in [5, 5.41) is 0.593. The molecule has 1 saturated carbocycles. The van der Waals surface area contributed by atoms with Gasteiger partial charge in [0.25, 0.3) is 0 Å². The second kappa shape index (κ2) is 12.2. The van der Waals surface area contributed by atoms with Crippen molar-refractivity contribution in [1.29, 1.82) is 0 Å². The summed E-state index contributed by atoms with van der Waals surface area (Å²) in [4.78, 5) is 17.9. The quantitative estimate of drug-likeness (QED) is 0.148. The zero-order chi connectivity index (χ0) is 26.5. The molecule has 3 aromatic rings. The maximum Gasteiger partial charge on any atom is 0.387 e. The van der Waals surface area contributed by atoms with E-state index in [0.717, 1.165) is 17.7 Å². The van der Waals surface area contributed by atoms with Crippen LogP contribution in [0.15, 0.2) is 53.7 Å². The van der Waals surface area contributed by atoms with Crippen molar-refractivity contribution in [3.05, 3.63) is 75.5 Å². The van der Waals surface area contributed by atoms with Crippen molar-refractivity contribution in [3.8, 4) is 11.5 Å². The van der Waals surface area contributed by atoms with E-state index in [0.29, 0.717) is 39.4 Å². The average Bonchev–Trinajstić information content (AvgIpc) is 3.69. The third-order valence-electron chi connectivity index (χ3n) is 5.78. The summed E-state index contributed by atoms with van der Waals surface area (Å²) < 4.78 is 42.3. The molecule has 0 saturated heterocycles. The summed E-state index contributed by atoms with van der Waals surface area (Å²) in [6.07, 6.45) is 5.99. The Balaban J connectivity index is 1.68. The smallest absolute Gasteiger partial charge is 0.387 e. The lowest BCUT2D eigenvalue weighted by Crippen LogP contribution is -2.15. The molecule has 11 heteroatoms. The van der Waals surface area contributed by atoms with Gasteiger partial charge in [-0.15, -0.1) is 11.8 Å². The Morgan fingerprint density at radius 3 is 2.49 bits per heavy atom. The Hall–Kier alpha value is -2.75. The third-order valence-corrected chi connectivity index (χ3v) is 7.25. The van der Waals surface area contributed by atoms with Gasteiger partial charge in [-0.3, -0.25) is 4.98 Å². The van der Waals surface area contributed by atoms with Gasteiger partial charge in [-0.1, -0.05) is 29.3 Å². The van der Waals surface area contributed by atoms with Crippen LogP contribution in [0.1, 0.15) is 40.4 Å². The van der Waals surface area contributed by atoms with Crippen LogP contribution in [-0.4, -0.2) is 30.4 Å². The largest absolute Gasteiger partial charge is 0.489 e. The summed E-state index contributed by atoms with van der Waals surface area (Å²) in [6.45, 7) is -2.65. The van der Waals surface area contributed by atoms with Gasteiger partial charge in [-0.2, -0.15) is 8.78 Å². The van der Waals surface area contributed by atoms with Crippen LogP contribution in [0, 0.1) is 5.92 Å². The van der Waals surface area contributed by atoms with Gasteiger partial charge in [0.15, 0.2) is 11.5 Å². The third kappa shape index (κ3) is 7.18. The molecule has 1 aliphatic rings. The van der Waals surface area contributed by atoms with Gasteiger partial charge in [0.1, 0.15) is 6.10 Å². The van der Waals surface area contributed by atoms with Gasteiger partial charge >= 0.3 is 12.6 Å². The lowest BCUT2D eigenvalue weighted by molar-refractivity contribution is -0.0515. The van der Waals surface area contributed by atoms with Crippen LogP contribution in [0.25, 0.3) is 0 Å². The van der Waals surface area contributed by atoms with Crippen LogP contribution in [0.3, 0.4) is 0 Å². The number of pyridine rings is 1. The molecule has 1 heterocycles. The van der Waals surface area contributed by atoms with Crippen molar-refractivity contribution in [2.75, 3.05) is 18.6 Å². The van der Waals surface area contributed by atoms with E-state index in [1.54, 1.807) is 18.2 Å². The van der Waals surface area contributed by atoms with Crippen molar-refractivity contribution in [2.45, 2.75) is 36.9 Å². The van der Waals surface area contributed by atoms with Gasteiger partial charge < -0.3 is 19.9 Å². The standard InChI is InChI=1S/C26H24Cl2F2N2O4S/c1-37-24-7-5-16(8-20(24)31)25(33)35-22(10-17-18(27)11-32-12-19(17)28)15-4-6-21(36-26(29)30)23(9-15)34-13-14-2-3-14/h4-9,11-12,14,22,26H,2-3,10,13,31H2,1H3. The number of anilines is 1. The number of ether oxygens (including phenoxy) is 3. The Morgan fingerprint density at radius 1 is 1.14 bits per heavy atom. The highest BCUT2D eigenvalue weighted by atomic mass is 35.5. The molecule has 1 unspecified atom stereocenters. The van der Waals surface area contributed by atoms with Crippen molar-refractivity contribution in [1.82, 2.24) is 4.98 Å². The number of nitrogens with zero attached hydrogens (tertiary/aromatic N) is 1. The van der Waals surface area contributed by atoms with Crippen LogP contribution in [0.2, 0.25) is 10.0 Å².